The van der Waals surface area contributed by atoms with E-state index >= 15 is 0 Å². The molecule has 2 heterocycles. The van der Waals surface area contributed by atoms with Gasteiger partial charge in [0.15, 0.2) is 0 Å². The maximum Gasteiger partial charge on any atom is 0.303 e. The lowest BCUT2D eigenvalue weighted by atomic mass is 9.95. The van der Waals surface area contributed by atoms with Crippen molar-refractivity contribution in [3.63, 3.8) is 0 Å². The normalized spacial score (nSPS) is 21.8. The van der Waals surface area contributed by atoms with Crippen LogP contribution in [0.1, 0.15) is 51.3 Å². The third kappa shape index (κ3) is 4.07. The minimum absolute atomic E-state index is 0.289. The SMILES string of the molecule is CCC(C)n1ccc(CN2CCCC(CC(=O)O)C2)n1. The van der Waals surface area contributed by atoms with Crippen molar-refractivity contribution in [2.75, 3.05) is 13.1 Å². The van der Waals surface area contributed by atoms with Crippen molar-refractivity contribution in [2.45, 2.75) is 52.1 Å². The van der Waals surface area contributed by atoms with E-state index in [1.54, 1.807) is 0 Å². The highest BCUT2D eigenvalue weighted by Gasteiger charge is 2.22. The Morgan fingerprint density at radius 2 is 2.40 bits per heavy atom. The number of piperidine rings is 1. The topological polar surface area (TPSA) is 58.4 Å². The molecule has 0 aliphatic carbocycles. The van der Waals surface area contributed by atoms with Crippen molar-refractivity contribution >= 4 is 5.97 Å². The number of likely N-dealkylation sites (tertiary alicyclic amines) is 1. The number of carbonyl (C=O) groups is 1. The summed E-state index contributed by atoms with van der Waals surface area (Å²) in [5.41, 5.74) is 1.08. The average Bonchev–Trinajstić information content (AvgIpc) is 2.86. The van der Waals surface area contributed by atoms with Gasteiger partial charge in [-0.1, -0.05) is 6.92 Å². The van der Waals surface area contributed by atoms with Crippen LogP contribution in [0.5, 0.6) is 0 Å². The van der Waals surface area contributed by atoms with E-state index in [9.17, 15) is 4.79 Å². The first-order valence-corrected chi connectivity index (χ1v) is 7.56. The van der Waals surface area contributed by atoms with Gasteiger partial charge in [-0.25, -0.2) is 0 Å². The predicted molar refractivity (Wildman–Crippen MR) is 77.5 cm³/mol. The molecule has 2 rings (SSSR count). The molecule has 2 unspecified atom stereocenters. The van der Waals surface area contributed by atoms with Crippen LogP contribution in [0.2, 0.25) is 0 Å². The first kappa shape index (κ1) is 15.0. The summed E-state index contributed by atoms with van der Waals surface area (Å²) in [6.45, 7) is 7.09. The summed E-state index contributed by atoms with van der Waals surface area (Å²) in [7, 11) is 0. The lowest BCUT2D eigenvalue weighted by molar-refractivity contribution is -0.138. The van der Waals surface area contributed by atoms with Crippen molar-refractivity contribution in [1.29, 1.82) is 0 Å². The second-order valence-electron chi connectivity index (χ2n) is 5.89. The highest BCUT2D eigenvalue weighted by molar-refractivity contribution is 5.67. The molecule has 112 valence electrons. The fourth-order valence-corrected chi connectivity index (χ4v) is 2.83. The zero-order chi connectivity index (χ0) is 14.5. The molecule has 1 aliphatic heterocycles. The Morgan fingerprint density at radius 3 is 3.10 bits per heavy atom. The summed E-state index contributed by atoms with van der Waals surface area (Å²) in [4.78, 5) is 13.1. The van der Waals surface area contributed by atoms with E-state index in [4.69, 9.17) is 5.11 Å². The maximum absolute atomic E-state index is 10.8. The van der Waals surface area contributed by atoms with Gasteiger partial charge < -0.3 is 5.11 Å². The third-order valence-electron chi connectivity index (χ3n) is 4.16. The van der Waals surface area contributed by atoms with Gasteiger partial charge in [-0.05, 0) is 44.7 Å². The fraction of sp³-hybridized carbons (Fsp3) is 0.733. The van der Waals surface area contributed by atoms with Crippen molar-refractivity contribution < 1.29 is 9.90 Å². The van der Waals surface area contributed by atoms with Crippen LogP contribution in [0, 0.1) is 5.92 Å². The average molecular weight is 279 g/mol. The first-order chi connectivity index (χ1) is 9.58. The zero-order valence-electron chi connectivity index (χ0n) is 12.5. The fourth-order valence-electron chi connectivity index (χ4n) is 2.83. The van der Waals surface area contributed by atoms with E-state index in [0.717, 1.165) is 44.6 Å². The number of nitrogens with zero attached hydrogens (tertiary/aromatic N) is 3. The Kier molecular flexibility index (Phi) is 5.17. The van der Waals surface area contributed by atoms with Gasteiger partial charge in [-0.3, -0.25) is 14.4 Å². The smallest absolute Gasteiger partial charge is 0.303 e. The van der Waals surface area contributed by atoms with Crippen LogP contribution in [0.3, 0.4) is 0 Å². The monoisotopic (exact) mass is 279 g/mol. The molecule has 0 radical (unpaired) electrons. The molecule has 1 aliphatic rings. The van der Waals surface area contributed by atoms with Crippen LogP contribution in [0.25, 0.3) is 0 Å². The van der Waals surface area contributed by atoms with Gasteiger partial charge in [-0.2, -0.15) is 5.10 Å². The van der Waals surface area contributed by atoms with Crippen LogP contribution in [-0.4, -0.2) is 38.8 Å². The predicted octanol–water partition coefficient (Wildman–Crippen LogP) is 2.54. The maximum atomic E-state index is 10.8. The molecule has 1 aromatic rings. The number of carboxylic acids is 1. The Hall–Kier alpha value is -1.36. The molecule has 0 saturated carbocycles. The molecular weight excluding hydrogens is 254 g/mol. The summed E-state index contributed by atoms with van der Waals surface area (Å²) >= 11 is 0. The summed E-state index contributed by atoms with van der Waals surface area (Å²) in [6.07, 6.45) is 5.53. The standard InChI is InChI=1S/C15H25N3O2/c1-3-12(2)18-8-6-14(16-18)11-17-7-4-5-13(10-17)9-15(19)20/h6,8,12-13H,3-5,7,9-11H2,1-2H3,(H,19,20). The van der Waals surface area contributed by atoms with Crippen molar-refractivity contribution in [3.8, 4) is 0 Å². The van der Waals surface area contributed by atoms with E-state index in [0.29, 0.717) is 6.04 Å². The number of hydrogen-bond donors (Lipinski definition) is 1. The molecule has 0 aromatic carbocycles. The number of aliphatic carboxylic acids is 1. The van der Waals surface area contributed by atoms with Crippen molar-refractivity contribution in [3.05, 3.63) is 18.0 Å². The highest BCUT2D eigenvalue weighted by Crippen LogP contribution is 2.21. The molecule has 20 heavy (non-hydrogen) atoms. The van der Waals surface area contributed by atoms with E-state index < -0.39 is 5.97 Å². The molecule has 1 N–H and O–H groups in total. The second-order valence-corrected chi connectivity index (χ2v) is 5.89. The van der Waals surface area contributed by atoms with Crippen LogP contribution in [-0.2, 0) is 11.3 Å². The number of rotatable bonds is 6. The minimum atomic E-state index is -0.683. The van der Waals surface area contributed by atoms with E-state index in [1.165, 1.54) is 0 Å². The highest BCUT2D eigenvalue weighted by atomic mass is 16.4. The Bertz CT molecular complexity index is 444. The molecule has 5 nitrogen and oxygen atoms in total. The molecule has 1 aromatic heterocycles. The van der Waals surface area contributed by atoms with Crippen molar-refractivity contribution in [2.24, 2.45) is 5.92 Å². The largest absolute Gasteiger partial charge is 0.481 e. The van der Waals surface area contributed by atoms with Gasteiger partial charge >= 0.3 is 5.97 Å². The van der Waals surface area contributed by atoms with Gasteiger partial charge in [0.25, 0.3) is 0 Å². The quantitative estimate of drug-likeness (QED) is 0.869. The van der Waals surface area contributed by atoms with Crippen LogP contribution in [0.15, 0.2) is 12.3 Å². The van der Waals surface area contributed by atoms with Gasteiger partial charge in [0, 0.05) is 31.7 Å². The van der Waals surface area contributed by atoms with Gasteiger partial charge in [0.2, 0.25) is 0 Å². The zero-order valence-corrected chi connectivity index (χ0v) is 12.5. The summed E-state index contributed by atoms with van der Waals surface area (Å²) in [5.74, 6) is -0.393. The van der Waals surface area contributed by atoms with Crippen molar-refractivity contribution in [1.82, 2.24) is 14.7 Å². The molecule has 1 fully saturated rings. The summed E-state index contributed by atoms with van der Waals surface area (Å²) in [6, 6.07) is 2.51. The van der Waals surface area contributed by atoms with E-state index in [-0.39, 0.29) is 12.3 Å². The van der Waals surface area contributed by atoms with Gasteiger partial charge in [0.05, 0.1) is 5.69 Å². The second kappa shape index (κ2) is 6.88. The molecule has 0 bridgehead atoms. The molecular formula is C15H25N3O2. The molecule has 0 amide bonds. The summed E-state index contributed by atoms with van der Waals surface area (Å²) in [5, 5.41) is 13.5. The lowest BCUT2D eigenvalue weighted by Gasteiger charge is -2.31. The first-order valence-electron chi connectivity index (χ1n) is 7.56. The minimum Gasteiger partial charge on any atom is -0.481 e. The third-order valence-corrected chi connectivity index (χ3v) is 4.16. The van der Waals surface area contributed by atoms with E-state index in [1.807, 2.05) is 10.9 Å². The number of hydrogen-bond acceptors (Lipinski definition) is 3. The molecule has 5 heteroatoms. The van der Waals surface area contributed by atoms with Gasteiger partial charge in [-0.15, -0.1) is 0 Å². The number of aromatic nitrogens is 2. The van der Waals surface area contributed by atoms with Crippen LogP contribution in [0.4, 0.5) is 0 Å². The van der Waals surface area contributed by atoms with Gasteiger partial charge in [0.1, 0.15) is 0 Å². The molecule has 0 spiro atoms. The lowest BCUT2D eigenvalue weighted by Crippen LogP contribution is -2.35. The number of carboxylic acid groups (broad SMARTS) is 1. The van der Waals surface area contributed by atoms with Crippen LogP contribution < -0.4 is 0 Å². The Labute approximate surface area is 120 Å². The summed E-state index contributed by atoms with van der Waals surface area (Å²) < 4.78 is 2.02. The molecule has 1 saturated heterocycles. The Balaban J connectivity index is 1.89. The van der Waals surface area contributed by atoms with E-state index in [2.05, 4.69) is 29.9 Å². The van der Waals surface area contributed by atoms with Crippen LogP contribution >= 0.6 is 0 Å². The Morgan fingerprint density at radius 1 is 1.60 bits per heavy atom. The molecule has 2 atom stereocenters.